The van der Waals surface area contributed by atoms with Gasteiger partial charge in [0.15, 0.2) is 0 Å². The number of benzene rings is 1. The number of hydrogen-bond acceptors (Lipinski definition) is 3. The number of nitrogens with one attached hydrogen (secondary N) is 1. The molecule has 1 N–H and O–H groups in total. The Kier molecular flexibility index (Phi) is 1.71. The second-order valence-electron chi connectivity index (χ2n) is 3.52. The van der Waals surface area contributed by atoms with Crippen molar-refractivity contribution < 1.29 is 14.0 Å². The average Bonchev–Trinajstić information content (AvgIpc) is 2.84. The number of carbonyl (C=O) groups excluding carboxylic acids is 2. The highest BCUT2D eigenvalue weighted by atomic mass is 16.3. The Morgan fingerprint density at radius 3 is 2.75 bits per heavy atom. The van der Waals surface area contributed by atoms with Gasteiger partial charge in [0.1, 0.15) is 5.58 Å². The van der Waals surface area contributed by atoms with Crippen molar-refractivity contribution in [3.8, 4) is 0 Å². The molecular formula is C12H7NO3. The van der Waals surface area contributed by atoms with Gasteiger partial charge in [-0.2, -0.15) is 0 Å². The van der Waals surface area contributed by atoms with Crippen LogP contribution in [0.15, 0.2) is 41.0 Å². The number of imide groups is 1. The van der Waals surface area contributed by atoms with Crippen molar-refractivity contribution in [3.05, 3.63) is 42.2 Å². The summed E-state index contributed by atoms with van der Waals surface area (Å²) in [4.78, 5) is 22.6. The van der Waals surface area contributed by atoms with Crippen LogP contribution in [0.3, 0.4) is 0 Å². The summed E-state index contributed by atoms with van der Waals surface area (Å²) in [6.45, 7) is 0. The molecule has 3 rings (SSSR count). The minimum atomic E-state index is -0.386. The molecule has 4 nitrogen and oxygen atoms in total. The summed E-state index contributed by atoms with van der Waals surface area (Å²) in [6.07, 6.45) is 2.85. The maximum Gasteiger partial charge on any atom is 0.259 e. The van der Waals surface area contributed by atoms with Gasteiger partial charge in [0.2, 0.25) is 0 Å². The predicted molar refractivity (Wildman–Crippen MR) is 57.3 cm³/mol. The molecule has 2 amide bonds. The van der Waals surface area contributed by atoms with Gasteiger partial charge in [0, 0.05) is 17.0 Å². The van der Waals surface area contributed by atoms with E-state index in [-0.39, 0.29) is 11.8 Å². The lowest BCUT2D eigenvalue weighted by Crippen LogP contribution is -2.21. The van der Waals surface area contributed by atoms with E-state index in [4.69, 9.17) is 4.42 Å². The van der Waals surface area contributed by atoms with Gasteiger partial charge in [-0.15, -0.1) is 0 Å². The van der Waals surface area contributed by atoms with Gasteiger partial charge in [-0.1, -0.05) is 18.2 Å². The van der Waals surface area contributed by atoms with E-state index in [1.165, 1.54) is 6.08 Å². The van der Waals surface area contributed by atoms with Crippen LogP contribution in [-0.4, -0.2) is 11.8 Å². The molecule has 4 heteroatoms. The van der Waals surface area contributed by atoms with Gasteiger partial charge >= 0.3 is 0 Å². The van der Waals surface area contributed by atoms with Gasteiger partial charge in [0.25, 0.3) is 11.8 Å². The van der Waals surface area contributed by atoms with Crippen LogP contribution in [0.1, 0.15) is 5.56 Å². The Morgan fingerprint density at radius 1 is 1.12 bits per heavy atom. The normalized spacial score (nSPS) is 15.4. The first-order chi connectivity index (χ1) is 7.75. The maximum absolute atomic E-state index is 11.5. The number of hydrogen-bond donors (Lipinski definition) is 1. The van der Waals surface area contributed by atoms with Crippen molar-refractivity contribution >= 4 is 28.4 Å². The number of carbonyl (C=O) groups is 2. The molecule has 0 fully saturated rings. The van der Waals surface area contributed by atoms with Gasteiger partial charge in [-0.05, 0) is 6.07 Å². The molecule has 1 aromatic heterocycles. The molecule has 1 aromatic carbocycles. The summed E-state index contributed by atoms with van der Waals surface area (Å²) in [5.74, 6) is -0.766. The van der Waals surface area contributed by atoms with Gasteiger partial charge in [-0.3, -0.25) is 14.9 Å². The van der Waals surface area contributed by atoms with Crippen LogP contribution < -0.4 is 5.32 Å². The van der Waals surface area contributed by atoms with E-state index in [9.17, 15) is 9.59 Å². The molecule has 0 aliphatic carbocycles. The van der Waals surface area contributed by atoms with E-state index in [0.29, 0.717) is 16.7 Å². The summed E-state index contributed by atoms with van der Waals surface area (Å²) in [7, 11) is 0. The van der Waals surface area contributed by atoms with Crippen LogP contribution in [0.4, 0.5) is 0 Å². The number of para-hydroxylation sites is 1. The Hall–Kier alpha value is -2.36. The Labute approximate surface area is 90.5 Å². The summed E-state index contributed by atoms with van der Waals surface area (Å²) < 4.78 is 5.31. The first-order valence-corrected chi connectivity index (χ1v) is 4.79. The van der Waals surface area contributed by atoms with Crippen molar-refractivity contribution in [1.29, 1.82) is 0 Å². The molecule has 2 heterocycles. The van der Waals surface area contributed by atoms with Crippen LogP contribution in [0, 0.1) is 0 Å². The van der Waals surface area contributed by atoms with Crippen LogP contribution in [0.5, 0.6) is 0 Å². The van der Waals surface area contributed by atoms with Gasteiger partial charge in [-0.25, -0.2) is 0 Å². The zero-order chi connectivity index (χ0) is 11.1. The molecule has 2 aromatic rings. The molecule has 1 aliphatic heterocycles. The molecule has 0 bridgehead atoms. The van der Waals surface area contributed by atoms with Crippen LogP contribution >= 0.6 is 0 Å². The number of rotatable bonds is 1. The number of furan rings is 1. The fourth-order valence-corrected chi connectivity index (χ4v) is 1.82. The third kappa shape index (κ3) is 1.16. The lowest BCUT2D eigenvalue weighted by Gasteiger charge is -2.00. The number of amides is 2. The Morgan fingerprint density at radius 2 is 2.00 bits per heavy atom. The molecule has 0 saturated heterocycles. The van der Waals surface area contributed by atoms with Gasteiger partial charge in [0.05, 0.1) is 11.8 Å². The first kappa shape index (κ1) is 8.91. The molecule has 16 heavy (non-hydrogen) atoms. The lowest BCUT2D eigenvalue weighted by molar-refractivity contribution is -0.123. The van der Waals surface area contributed by atoms with Crippen LogP contribution in [0.2, 0.25) is 0 Å². The van der Waals surface area contributed by atoms with Crippen LogP contribution in [-0.2, 0) is 9.59 Å². The maximum atomic E-state index is 11.5. The van der Waals surface area contributed by atoms with E-state index >= 15 is 0 Å². The standard InChI is InChI=1S/C12H7NO3/c14-10-6-9(12(15)13-10)8-3-1-2-7-4-5-16-11(7)8/h1-6H,(H,13,14,15). The quantitative estimate of drug-likeness (QED) is 0.730. The summed E-state index contributed by atoms with van der Waals surface area (Å²) in [5.41, 5.74) is 1.62. The highest BCUT2D eigenvalue weighted by molar-refractivity contribution is 6.34. The summed E-state index contributed by atoms with van der Waals surface area (Å²) in [6, 6.07) is 7.28. The summed E-state index contributed by atoms with van der Waals surface area (Å²) in [5, 5.41) is 3.12. The molecule has 0 spiro atoms. The lowest BCUT2D eigenvalue weighted by atomic mass is 10.0. The number of fused-ring (bicyclic) bond motifs is 1. The van der Waals surface area contributed by atoms with Crippen molar-refractivity contribution in [1.82, 2.24) is 5.32 Å². The van der Waals surface area contributed by atoms with Crippen LogP contribution in [0.25, 0.3) is 16.5 Å². The monoisotopic (exact) mass is 213 g/mol. The molecule has 78 valence electrons. The average molecular weight is 213 g/mol. The fraction of sp³-hybridized carbons (Fsp3) is 0. The molecule has 1 aliphatic rings. The van der Waals surface area contributed by atoms with Crippen molar-refractivity contribution in [2.75, 3.05) is 0 Å². The minimum absolute atomic E-state index is 0.352. The SMILES string of the molecule is O=C1C=C(c2cccc3ccoc23)C(=O)N1. The zero-order valence-corrected chi connectivity index (χ0v) is 8.19. The van der Waals surface area contributed by atoms with Crippen molar-refractivity contribution in [3.63, 3.8) is 0 Å². The highest BCUT2D eigenvalue weighted by Gasteiger charge is 2.24. The Balaban J connectivity index is 2.27. The first-order valence-electron chi connectivity index (χ1n) is 4.79. The zero-order valence-electron chi connectivity index (χ0n) is 8.19. The van der Waals surface area contributed by atoms with E-state index < -0.39 is 0 Å². The third-order valence-electron chi connectivity index (χ3n) is 2.53. The molecule has 0 radical (unpaired) electrons. The molecule has 0 unspecified atom stereocenters. The van der Waals surface area contributed by atoms with Crippen molar-refractivity contribution in [2.45, 2.75) is 0 Å². The fourth-order valence-electron chi connectivity index (χ4n) is 1.82. The largest absolute Gasteiger partial charge is 0.464 e. The highest BCUT2D eigenvalue weighted by Crippen LogP contribution is 2.27. The van der Waals surface area contributed by atoms with E-state index in [2.05, 4.69) is 5.32 Å². The minimum Gasteiger partial charge on any atom is -0.464 e. The molecule has 0 atom stereocenters. The molecule has 0 saturated carbocycles. The second-order valence-corrected chi connectivity index (χ2v) is 3.52. The molecular weight excluding hydrogens is 206 g/mol. The topological polar surface area (TPSA) is 59.3 Å². The second kappa shape index (κ2) is 3.06. The van der Waals surface area contributed by atoms with E-state index in [0.717, 1.165) is 5.39 Å². The smallest absolute Gasteiger partial charge is 0.259 e. The van der Waals surface area contributed by atoms with Gasteiger partial charge < -0.3 is 4.42 Å². The summed E-state index contributed by atoms with van der Waals surface area (Å²) >= 11 is 0. The van der Waals surface area contributed by atoms with E-state index in [1.54, 1.807) is 12.3 Å². The third-order valence-corrected chi connectivity index (χ3v) is 2.53. The van der Waals surface area contributed by atoms with E-state index in [1.807, 2.05) is 18.2 Å². The predicted octanol–water partition coefficient (Wildman–Crippen LogP) is 1.47. The van der Waals surface area contributed by atoms with Crippen molar-refractivity contribution in [2.24, 2.45) is 0 Å². The Bertz CT molecular complexity index is 637.